The molecule has 0 fully saturated rings. The zero-order valence-corrected chi connectivity index (χ0v) is 11.5. The summed E-state index contributed by atoms with van der Waals surface area (Å²) in [7, 11) is 0. The zero-order valence-electron chi connectivity index (χ0n) is 11.5. The molecule has 3 rings (SSSR count). The Morgan fingerprint density at radius 2 is 1.95 bits per heavy atom. The Morgan fingerprint density at radius 3 is 2.68 bits per heavy atom. The molecule has 22 heavy (non-hydrogen) atoms. The Morgan fingerprint density at radius 1 is 1.18 bits per heavy atom. The standard InChI is InChI=1S/C16H13FN2O3/c17-13-8-4-7-12(9-13)14(20)10-19-16(21)22-15(18-19)11-5-2-1-3-6-11/h1-9,14,20H,10H2. The van der Waals surface area contributed by atoms with Crippen molar-refractivity contribution in [1.29, 1.82) is 0 Å². The quantitative estimate of drug-likeness (QED) is 0.803. The van der Waals surface area contributed by atoms with Gasteiger partial charge in [-0.3, -0.25) is 0 Å². The van der Waals surface area contributed by atoms with Crippen LogP contribution in [0.5, 0.6) is 0 Å². The molecular weight excluding hydrogens is 287 g/mol. The number of aliphatic hydroxyl groups excluding tert-OH is 1. The summed E-state index contributed by atoms with van der Waals surface area (Å²) in [6.07, 6.45) is -1.05. The Balaban J connectivity index is 1.84. The van der Waals surface area contributed by atoms with Crippen molar-refractivity contribution in [2.24, 2.45) is 0 Å². The predicted octanol–water partition coefficient (Wildman–Crippen LogP) is 2.38. The minimum Gasteiger partial charge on any atom is -0.388 e. The van der Waals surface area contributed by atoms with E-state index in [4.69, 9.17) is 4.42 Å². The Kier molecular flexibility index (Phi) is 3.84. The number of hydrogen-bond acceptors (Lipinski definition) is 4. The van der Waals surface area contributed by atoms with Gasteiger partial charge in [0, 0.05) is 5.56 Å². The SMILES string of the molecule is O=c1oc(-c2ccccc2)nn1CC(O)c1cccc(F)c1. The summed E-state index contributed by atoms with van der Waals surface area (Å²) >= 11 is 0. The Labute approximate surface area is 125 Å². The van der Waals surface area contributed by atoms with Crippen LogP contribution in [-0.2, 0) is 6.54 Å². The van der Waals surface area contributed by atoms with Crippen molar-refractivity contribution in [2.45, 2.75) is 12.6 Å². The summed E-state index contributed by atoms with van der Waals surface area (Å²) in [5.41, 5.74) is 1.04. The number of hydrogen-bond donors (Lipinski definition) is 1. The van der Waals surface area contributed by atoms with Crippen LogP contribution in [0, 0.1) is 5.82 Å². The summed E-state index contributed by atoms with van der Waals surface area (Å²) < 4.78 is 19.3. The van der Waals surface area contributed by atoms with Crippen LogP contribution in [0.1, 0.15) is 11.7 Å². The van der Waals surface area contributed by atoms with Gasteiger partial charge in [-0.05, 0) is 29.8 Å². The number of aliphatic hydroxyl groups is 1. The number of halogens is 1. The van der Waals surface area contributed by atoms with Gasteiger partial charge in [0.1, 0.15) is 5.82 Å². The van der Waals surface area contributed by atoms with Crippen LogP contribution in [0.4, 0.5) is 4.39 Å². The molecule has 0 aliphatic heterocycles. The first kappa shape index (κ1) is 14.2. The smallest absolute Gasteiger partial charge is 0.388 e. The number of benzene rings is 2. The van der Waals surface area contributed by atoms with Crippen LogP contribution in [-0.4, -0.2) is 14.9 Å². The van der Waals surface area contributed by atoms with Crippen LogP contribution in [0.25, 0.3) is 11.5 Å². The number of aromatic nitrogens is 2. The monoisotopic (exact) mass is 300 g/mol. The molecule has 0 spiro atoms. The van der Waals surface area contributed by atoms with Crippen molar-refractivity contribution in [1.82, 2.24) is 9.78 Å². The van der Waals surface area contributed by atoms with Crippen molar-refractivity contribution in [3.05, 3.63) is 76.5 Å². The van der Waals surface area contributed by atoms with Crippen molar-refractivity contribution in [3.63, 3.8) is 0 Å². The fourth-order valence-corrected chi connectivity index (χ4v) is 2.10. The highest BCUT2D eigenvalue weighted by Crippen LogP contribution is 2.17. The van der Waals surface area contributed by atoms with Crippen LogP contribution in [0.3, 0.4) is 0 Å². The van der Waals surface area contributed by atoms with E-state index in [1.54, 1.807) is 30.3 Å². The summed E-state index contributed by atoms with van der Waals surface area (Å²) in [5, 5.41) is 14.1. The minimum atomic E-state index is -1.05. The van der Waals surface area contributed by atoms with E-state index in [0.29, 0.717) is 11.1 Å². The molecule has 0 bridgehead atoms. The molecule has 0 aliphatic carbocycles. The van der Waals surface area contributed by atoms with Crippen LogP contribution in [0.2, 0.25) is 0 Å². The fraction of sp³-hybridized carbons (Fsp3) is 0.125. The first-order valence-corrected chi connectivity index (χ1v) is 6.70. The lowest BCUT2D eigenvalue weighted by Crippen LogP contribution is -2.20. The molecule has 0 saturated carbocycles. The molecule has 112 valence electrons. The van der Waals surface area contributed by atoms with Gasteiger partial charge in [0.25, 0.3) is 0 Å². The van der Waals surface area contributed by atoms with Gasteiger partial charge in [0.2, 0.25) is 5.89 Å². The molecule has 2 aromatic carbocycles. The van der Waals surface area contributed by atoms with Gasteiger partial charge >= 0.3 is 5.76 Å². The maximum Gasteiger partial charge on any atom is 0.437 e. The van der Waals surface area contributed by atoms with E-state index in [1.165, 1.54) is 18.2 Å². The average Bonchev–Trinajstić information content (AvgIpc) is 2.89. The van der Waals surface area contributed by atoms with Gasteiger partial charge < -0.3 is 9.52 Å². The van der Waals surface area contributed by atoms with Gasteiger partial charge in [0.05, 0.1) is 12.6 Å². The van der Waals surface area contributed by atoms with Crippen molar-refractivity contribution in [2.75, 3.05) is 0 Å². The minimum absolute atomic E-state index is 0.112. The summed E-state index contributed by atoms with van der Waals surface area (Å²) in [6.45, 7) is -0.112. The molecule has 0 saturated heterocycles. The lowest BCUT2D eigenvalue weighted by Gasteiger charge is -2.09. The lowest BCUT2D eigenvalue weighted by molar-refractivity contribution is 0.148. The molecule has 1 N–H and O–H groups in total. The fourth-order valence-electron chi connectivity index (χ4n) is 2.10. The third-order valence-corrected chi connectivity index (χ3v) is 3.21. The highest BCUT2D eigenvalue weighted by Gasteiger charge is 2.15. The molecule has 3 aromatic rings. The summed E-state index contributed by atoms with van der Waals surface area (Å²) in [5.74, 6) is -0.944. The summed E-state index contributed by atoms with van der Waals surface area (Å²) in [4.78, 5) is 11.8. The second-order valence-electron chi connectivity index (χ2n) is 4.79. The molecule has 0 aliphatic rings. The maximum atomic E-state index is 13.2. The second kappa shape index (κ2) is 5.95. The zero-order chi connectivity index (χ0) is 15.5. The van der Waals surface area contributed by atoms with Gasteiger partial charge in [-0.1, -0.05) is 30.3 Å². The largest absolute Gasteiger partial charge is 0.437 e. The average molecular weight is 300 g/mol. The summed E-state index contributed by atoms with van der Waals surface area (Å²) in [6, 6.07) is 14.5. The van der Waals surface area contributed by atoms with Gasteiger partial charge in [0.15, 0.2) is 0 Å². The third kappa shape index (κ3) is 2.96. The molecule has 0 amide bonds. The molecule has 1 heterocycles. The molecule has 5 nitrogen and oxygen atoms in total. The first-order valence-electron chi connectivity index (χ1n) is 6.70. The molecular formula is C16H13FN2O3. The van der Waals surface area contributed by atoms with E-state index in [9.17, 15) is 14.3 Å². The van der Waals surface area contributed by atoms with E-state index in [-0.39, 0.29) is 12.4 Å². The predicted molar refractivity (Wildman–Crippen MR) is 77.6 cm³/mol. The Hall–Kier alpha value is -2.73. The first-order chi connectivity index (χ1) is 10.6. The van der Waals surface area contributed by atoms with E-state index in [0.717, 1.165) is 4.68 Å². The van der Waals surface area contributed by atoms with E-state index in [1.807, 2.05) is 6.07 Å². The lowest BCUT2D eigenvalue weighted by atomic mass is 10.1. The molecule has 1 atom stereocenters. The molecule has 0 radical (unpaired) electrons. The van der Waals surface area contributed by atoms with Gasteiger partial charge in [-0.15, -0.1) is 5.10 Å². The highest BCUT2D eigenvalue weighted by atomic mass is 19.1. The molecule has 1 unspecified atom stereocenters. The topological polar surface area (TPSA) is 68.3 Å². The Bertz CT molecular complexity index is 827. The third-order valence-electron chi connectivity index (χ3n) is 3.21. The molecule has 6 heteroatoms. The van der Waals surface area contributed by atoms with Crippen molar-refractivity contribution < 1.29 is 13.9 Å². The van der Waals surface area contributed by atoms with E-state index < -0.39 is 17.7 Å². The van der Waals surface area contributed by atoms with Crippen molar-refractivity contribution >= 4 is 0 Å². The van der Waals surface area contributed by atoms with Crippen molar-refractivity contribution in [3.8, 4) is 11.5 Å². The van der Waals surface area contributed by atoms with E-state index >= 15 is 0 Å². The normalized spacial score (nSPS) is 12.3. The van der Waals surface area contributed by atoms with Crippen LogP contribution < -0.4 is 5.76 Å². The van der Waals surface area contributed by atoms with Crippen LogP contribution >= 0.6 is 0 Å². The van der Waals surface area contributed by atoms with Gasteiger partial charge in [-0.2, -0.15) is 4.68 Å². The van der Waals surface area contributed by atoms with Gasteiger partial charge in [-0.25, -0.2) is 9.18 Å². The number of nitrogens with zero attached hydrogens (tertiary/aromatic N) is 2. The maximum absolute atomic E-state index is 13.2. The van der Waals surface area contributed by atoms with E-state index in [2.05, 4.69) is 5.10 Å². The molecule has 1 aromatic heterocycles. The number of rotatable bonds is 4. The van der Waals surface area contributed by atoms with Crippen LogP contribution in [0.15, 0.2) is 63.8 Å². The second-order valence-corrected chi connectivity index (χ2v) is 4.79. The highest BCUT2D eigenvalue weighted by molar-refractivity contribution is 5.51.